The van der Waals surface area contributed by atoms with Gasteiger partial charge in [0.15, 0.2) is 5.16 Å². The third-order valence-corrected chi connectivity index (χ3v) is 7.05. The van der Waals surface area contributed by atoms with Crippen LogP contribution in [-0.4, -0.2) is 37.5 Å². The maximum atomic E-state index is 13.0. The van der Waals surface area contributed by atoms with E-state index in [1.807, 2.05) is 36.4 Å². The van der Waals surface area contributed by atoms with Gasteiger partial charge in [0.1, 0.15) is 0 Å². The Morgan fingerprint density at radius 2 is 1.71 bits per heavy atom. The van der Waals surface area contributed by atoms with Crippen molar-refractivity contribution in [2.24, 2.45) is 0 Å². The summed E-state index contributed by atoms with van der Waals surface area (Å²) in [5.74, 6) is -0.0664. The topological polar surface area (TPSA) is 89.2 Å². The Hall–Kier alpha value is -3.62. The van der Waals surface area contributed by atoms with Crippen molar-refractivity contribution in [1.82, 2.24) is 14.1 Å². The molecular formula is C27H26N4O3S. The van der Waals surface area contributed by atoms with Crippen LogP contribution >= 0.6 is 11.8 Å². The number of nitrogens with zero attached hydrogens (tertiary/aromatic N) is 3. The molecule has 0 aliphatic carbocycles. The molecule has 5 aromatic rings. The van der Waals surface area contributed by atoms with E-state index in [1.165, 1.54) is 17.3 Å². The quantitative estimate of drug-likeness (QED) is 0.246. The zero-order valence-electron chi connectivity index (χ0n) is 19.4. The number of anilines is 1. The molecule has 0 fully saturated rings. The van der Waals surface area contributed by atoms with Crippen LogP contribution in [0.1, 0.15) is 13.3 Å². The first-order chi connectivity index (χ1) is 17.1. The molecule has 2 heterocycles. The number of nitrogens with one attached hydrogen (secondary N) is 1. The summed E-state index contributed by atoms with van der Waals surface area (Å²) >= 11 is 1.22. The Morgan fingerprint density at radius 1 is 0.971 bits per heavy atom. The molecule has 178 valence electrons. The van der Waals surface area contributed by atoms with Crippen molar-refractivity contribution in [3.63, 3.8) is 0 Å². The van der Waals surface area contributed by atoms with Crippen LogP contribution in [0.5, 0.6) is 0 Å². The Balaban J connectivity index is 1.38. The molecule has 2 N–H and O–H groups in total. The van der Waals surface area contributed by atoms with Crippen LogP contribution in [0.3, 0.4) is 0 Å². The largest absolute Gasteiger partial charge is 0.396 e. The number of thioether (sulfide) groups is 1. The smallest absolute Gasteiger partial charge is 0.262 e. The molecule has 0 bridgehead atoms. The van der Waals surface area contributed by atoms with Crippen molar-refractivity contribution in [3.8, 4) is 0 Å². The van der Waals surface area contributed by atoms with Gasteiger partial charge in [-0.25, -0.2) is 4.98 Å². The summed E-state index contributed by atoms with van der Waals surface area (Å²) in [4.78, 5) is 30.4. The van der Waals surface area contributed by atoms with Crippen LogP contribution in [0, 0.1) is 0 Å². The van der Waals surface area contributed by atoms with Crippen LogP contribution in [0.2, 0.25) is 0 Å². The van der Waals surface area contributed by atoms with Crippen LogP contribution < -0.4 is 10.9 Å². The third kappa shape index (κ3) is 4.42. The number of hydrogen-bond acceptors (Lipinski definition) is 5. The van der Waals surface area contributed by atoms with Gasteiger partial charge in [0.2, 0.25) is 5.91 Å². The Labute approximate surface area is 206 Å². The minimum absolute atomic E-state index is 0.0270. The summed E-state index contributed by atoms with van der Waals surface area (Å²) in [5, 5.41) is 15.5. The molecule has 0 saturated carbocycles. The molecule has 0 spiro atoms. The van der Waals surface area contributed by atoms with E-state index in [4.69, 9.17) is 0 Å². The van der Waals surface area contributed by atoms with Gasteiger partial charge in [0.05, 0.1) is 16.7 Å². The Kier molecular flexibility index (Phi) is 6.57. The predicted molar refractivity (Wildman–Crippen MR) is 142 cm³/mol. The minimum Gasteiger partial charge on any atom is -0.396 e. The molecule has 0 unspecified atom stereocenters. The standard InChI is InChI=1S/C27H26N4O3S/c1-2-30-23-11-6-4-8-19(23)21-16-18(12-13-24(21)30)28-25(33)17-35-27-29-22-10-5-3-9-20(22)26(34)31(27)14-7-15-32/h3-6,8-13,16,32H,2,7,14-15,17H2,1H3,(H,28,33). The lowest BCUT2D eigenvalue weighted by atomic mass is 10.1. The van der Waals surface area contributed by atoms with E-state index in [2.05, 4.69) is 33.9 Å². The van der Waals surface area contributed by atoms with Crippen molar-refractivity contribution in [2.45, 2.75) is 31.6 Å². The summed E-state index contributed by atoms with van der Waals surface area (Å²) in [6, 6.07) is 21.4. The van der Waals surface area contributed by atoms with E-state index >= 15 is 0 Å². The number of aliphatic hydroxyl groups excluding tert-OH is 1. The fourth-order valence-corrected chi connectivity index (χ4v) is 5.31. The molecule has 0 radical (unpaired) electrons. The number of benzene rings is 3. The first-order valence-corrected chi connectivity index (χ1v) is 12.6. The summed E-state index contributed by atoms with van der Waals surface area (Å²) in [5.41, 5.74) is 3.47. The summed E-state index contributed by atoms with van der Waals surface area (Å²) in [6.45, 7) is 3.30. The van der Waals surface area contributed by atoms with E-state index in [-0.39, 0.29) is 23.8 Å². The SMILES string of the molecule is CCn1c2ccccc2c2cc(NC(=O)CSc3nc4ccccc4c(=O)n3CCCO)ccc21. The van der Waals surface area contributed by atoms with E-state index in [0.29, 0.717) is 29.0 Å². The summed E-state index contributed by atoms with van der Waals surface area (Å²) in [6.07, 6.45) is 0.436. The van der Waals surface area contributed by atoms with E-state index in [1.54, 1.807) is 22.8 Å². The molecule has 0 aliphatic heterocycles. The summed E-state index contributed by atoms with van der Waals surface area (Å²) in [7, 11) is 0. The molecular weight excluding hydrogens is 460 g/mol. The van der Waals surface area contributed by atoms with Gasteiger partial charge in [-0.05, 0) is 49.7 Å². The number of aryl methyl sites for hydroxylation is 1. The van der Waals surface area contributed by atoms with Crippen molar-refractivity contribution >= 4 is 56.1 Å². The fourth-order valence-electron chi connectivity index (χ4n) is 4.48. The number of aliphatic hydroxyl groups is 1. The first kappa shape index (κ1) is 23.1. The number of fused-ring (bicyclic) bond motifs is 4. The van der Waals surface area contributed by atoms with E-state index < -0.39 is 0 Å². The van der Waals surface area contributed by atoms with Crippen molar-refractivity contribution in [3.05, 3.63) is 77.1 Å². The highest BCUT2D eigenvalue weighted by Gasteiger charge is 2.14. The Bertz CT molecular complexity index is 1610. The van der Waals surface area contributed by atoms with Crippen molar-refractivity contribution < 1.29 is 9.90 Å². The average Bonchev–Trinajstić information content (AvgIpc) is 3.20. The molecule has 35 heavy (non-hydrogen) atoms. The number of carbonyl (C=O) groups excluding carboxylic acids is 1. The van der Waals surface area contributed by atoms with Crippen LogP contribution in [-0.2, 0) is 17.9 Å². The lowest BCUT2D eigenvalue weighted by molar-refractivity contribution is -0.113. The van der Waals surface area contributed by atoms with Crippen LogP contribution in [0.15, 0.2) is 76.7 Å². The highest BCUT2D eigenvalue weighted by atomic mass is 32.2. The average molecular weight is 487 g/mol. The van der Waals surface area contributed by atoms with Gasteiger partial charge in [0.25, 0.3) is 5.56 Å². The fraction of sp³-hybridized carbons (Fsp3) is 0.222. The van der Waals surface area contributed by atoms with E-state index in [0.717, 1.165) is 28.5 Å². The molecule has 1 amide bonds. The normalized spacial score (nSPS) is 11.5. The summed E-state index contributed by atoms with van der Waals surface area (Å²) < 4.78 is 3.81. The minimum atomic E-state index is -0.176. The van der Waals surface area contributed by atoms with Crippen LogP contribution in [0.4, 0.5) is 5.69 Å². The number of para-hydroxylation sites is 2. The zero-order chi connectivity index (χ0) is 24.4. The van der Waals surface area contributed by atoms with Gasteiger partial charge in [-0.2, -0.15) is 0 Å². The Morgan fingerprint density at radius 3 is 2.51 bits per heavy atom. The highest BCUT2D eigenvalue weighted by molar-refractivity contribution is 7.99. The van der Waals surface area contributed by atoms with Gasteiger partial charge in [-0.15, -0.1) is 0 Å². The zero-order valence-corrected chi connectivity index (χ0v) is 20.2. The molecule has 2 aromatic heterocycles. The van der Waals surface area contributed by atoms with Gasteiger partial charge >= 0.3 is 0 Å². The second-order valence-corrected chi connectivity index (χ2v) is 9.22. The molecule has 3 aromatic carbocycles. The molecule has 5 rings (SSSR count). The molecule has 8 heteroatoms. The molecule has 0 aliphatic rings. The number of carbonyl (C=O) groups is 1. The van der Waals surface area contributed by atoms with Crippen LogP contribution in [0.25, 0.3) is 32.7 Å². The second-order valence-electron chi connectivity index (χ2n) is 8.28. The monoisotopic (exact) mass is 486 g/mol. The number of hydrogen-bond donors (Lipinski definition) is 2. The third-order valence-electron chi connectivity index (χ3n) is 6.07. The first-order valence-electron chi connectivity index (χ1n) is 11.6. The number of rotatable bonds is 8. The molecule has 0 saturated heterocycles. The van der Waals surface area contributed by atoms with Gasteiger partial charge < -0.3 is 15.0 Å². The van der Waals surface area contributed by atoms with Crippen molar-refractivity contribution in [2.75, 3.05) is 17.7 Å². The second kappa shape index (κ2) is 9.93. The van der Waals surface area contributed by atoms with Gasteiger partial charge in [-0.1, -0.05) is 42.1 Å². The predicted octanol–water partition coefficient (Wildman–Crippen LogP) is 4.64. The lowest BCUT2D eigenvalue weighted by Gasteiger charge is -2.12. The number of amides is 1. The maximum Gasteiger partial charge on any atom is 0.262 e. The maximum absolute atomic E-state index is 13.0. The van der Waals surface area contributed by atoms with Crippen molar-refractivity contribution in [1.29, 1.82) is 0 Å². The molecule has 0 atom stereocenters. The molecule has 7 nitrogen and oxygen atoms in total. The lowest BCUT2D eigenvalue weighted by Crippen LogP contribution is -2.24. The van der Waals surface area contributed by atoms with E-state index in [9.17, 15) is 14.7 Å². The highest BCUT2D eigenvalue weighted by Crippen LogP contribution is 2.31. The number of aromatic nitrogens is 3. The van der Waals surface area contributed by atoms with Gasteiger partial charge in [-0.3, -0.25) is 14.2 Å². The van der Waals surface area contributed by atoms with Gasteiger partial charge in [0, 0.05) is 47.2 Å².